The maximum atomic E-state index is 12.6. The fourth-order valence-electron chi connectivity index (χ4n) is 1.33. The molecule has 90 valence electrons. The van der Waals surface area contributed by atoms with Crippen molar-refractivity contribution in [2.24, 2.45) is 0 Å². The lowest BCUT2D eigenvalue weighted by Crippen LogP contribution is -2.15. The van der Waals surface area contributed by atoms with E-state index in [9.17, 15) is 13.2 Å². The predicted molar refractivity (Wildman–Crippen MR) is 50.7 cm³/mol. The van der Waals surface area contributed by atoms with E-state index in [0.29, 0.717) is 4.68 Å². The summed E-state index contributed by atoms with van der Waals surface area (Å²) in [5, 5.41) is 9.31. The Morgan fingerprint density at radius 3 is 2.59 bits per heavy atom. The van der Waals surface area contributed by atoms with Crippen molar-refractivity contribution in [2.45, 2.75) is 6.18 Å². The molecule has 0 amide bonds. The predicted octanol–water partition coefficient (Wildman–Crippen LogP) is 1.69. The van der Waals surface area contributed by atoms with Gasteiger partial charge in [0.2, 0.25) is 0 Å². The molecule has 1 heterocycles. The number of nitrogens with zero attached hydrogens (tertiary/aromatic N) is 4. The van der Waals surface area contributed by atoms with E-state index in [4.69, 9.17) is 4.74 Å². The van der Waals surface area contributed by atoms with E-state index in [-0.39, 0.29) is 11.4 Å². The van der Waals surface area contributed by atoms with E-state index in [0.717, 1.165) is 0 Å². The molecule has 0 aliphatic rings. The van der Waals surface area contributed by atoms with Crippen molar-refractivity contribution < 1.29 is 17.9 Å². The number of methoxy groups -OCH3 is 1. The van der Waals surface area contributed by atoms with Crippen LogP contribution in [0.3, 0.4) is 0 Å². The van der Waals surface area contributed by atoms with Gasteiger partial charge in [0.25, 0.3) is 5.82 Å². The molecule has 0 unspecified atom stereocenters. The SMILES string of the molecule is COc1ccccc1-n1nnnc1C(F)(F)F. The van der Waals surface area contributed by atoms with Gasteiger partial charge in [0.05, 0.1) is 7.11 Å². The van der Waals surface area contributed by atoms with Gasteiger partial charge in [-0.2, -0.15) is 17.9 Å². The summed E-state index contributed by atoms with van der Waals surface area (Å²) in [6, 6.07) is 6.17. The highest BCUT2D eigenvalue weighted by Gasteiger charge is 2.38. The van der Waals surface area contributed by atoms with Gasteiger partial charge in [0.15, 0.2) is 0 Å². The first-order valence-corrected chi connectivity index (χ1v) is 4.53. The number of hydrogen-bond donors (Lipinski definition) is 0. The van der Waals surface area contributed by atoms with E-state index >= 15 is 0 Å². The van der Waals surface area contributed by atoms with Crippen molar-refractivity contribution in [3.05, 3.63) is 30.1 Å². The van der Waals surface area contributed by atoms with Crippen LogP contribution in [0.1, 0.15) is 5.82 Å². The highest BCUT2D eigenvalue weighted by atomic mass is 19.4. The van der Waals surface area contributed by atoms with Gasteiger partial charge in [-0.1, -0.05) is 12.1 Å². The van der Waals surface area contributed by atoms with Crippen LogP contribution in [0.5, 0.6) is 5.75 Å². The summed E-state index contributed by atoms with van der Waals surface area (Å²) in [6.07, 6.45) is -4.62. The number of hydrogen-bond acceptors (Lipinski definition) is 4. The molecule has 1 aromatic heterocycles. The Balaban J connectivity index is 2.58. The third-order valence-corrected chi connectivity index (χ3v) is 2.04. The van der Waals surface area contributed by atoms with Crippen LogP contribution in [0, 0.1) is 0 Å². The molecule has 5 nitrogen and oxygen atoms in total. The van der Waals surface area contributed by atoms with E-state index < -0.39 is 12.0 Å². The first-order chi connectivity index (χ1) is 8.04. The van der Waals surface area contributed by atoms with Crippen molar-refractivity contribution in [2.75, 3.05) is 7.11 Å². The second-order valence-corrected chi connectivity index (χ2v) is 3.08. The van der Waals surface area contributed by atoms with Crippen molar-refractivity contribution in [3.63, 3.8) is 0 Å². The molecule has 0 spiro atoms. The Labute approximate surface area is 93.8 Å². The van der Waals surface area contributed by atoms with Crippen LogP contribution in [0.25, 0.3) is 5.69 Å². The molecule has 2 rings (SSSR count). The molecule has 1 aromatic carbocycles. The van der Waals surface area contributed by atoms with E-state index in [1.165, 1.54) is 19.2 Å². The lowest BCUT2D eigenvalue weighted by atomic mass is 10.3. The Morgan fingerprint density at radius 1 is 1.24 bits per heavy atom. The van der Waals surface area contributed by atoms with Crippen molar-refractivity contribution in [3.8, 4) is 11.4 Å². The van der Waals surface area contributed by atoms with Gasteiger partial charge in [0.1, 0.15) is 11.4 Å². The largest absolute Gasteiger partial charge is 0.494 e. The third-order valence-electron chi connectivity index (χ3n) is 2.04. The molecule has 0 aliphatic carbocycles. The number of rotatable bonds is 2. The highest BCUT2D eigenvalue weighted by Crippen LogP contribution is 2.30. The van der Waals surface area contributed by atoms with Crippen LogP contribution in [0.15, 0.2) is 24.3 Å². The molecule has 2 aromatic rings. The van der Waals surface area contributed by atoms with Crippen molar-refractivity contribution in [1.29, 1.82) is 0 Å². The minimum atomic E-state index is -4.62. The number of benzene rings is 1. The van der Waals surface area contributed by atoms with E-state index in [1.807, 2.05) is 0 Å². The number of aromatic nitrogens is 4. The molecule has 0 radical (unpaired) electrons. The average Bonchev–Trinajstić information content (AvgIpc) is 2.77. The van der Waals surface area contributed by atoms with Gasteiger partial charge in [-0.25, -0.2) is 0 Å². The van der Waals surface area contributed by atoms with Gasteiger partial charge < -0.3 is 4.74 Å². The van der Waals surface area contributed by atoms with Crippen LogP contribution in [-0.2, 0) is 6.18 Å². The summed E-state index contributed by atoms with van der Waals surface area (Å²) in [4.78, 5) is 0. The number of tetrazole rings is 1. The summed E-state index contributed by atoms with van der Waals surface area (Å²) in [5.41, 5.74) is 0.132. The quantitative estimate of drug-likeness (QED) is 0.806. The number of ether oxygens (including phenoxy) is 1. The second kappa shape index (κ2) is 4.04. The standard InChI is InChI=1S/C9H7F3N4O/c1-17-7-5-3-2-4-6(7)16-8(9(10,11)12)13-14-15-16/h2-5H,1H3. The number of alkyl halides is 3. The molecule has 0 atom stereocenters. The van der Waals surface area contributed by atoms with Gasteiger partial charge in [-0.05, 0) is 22.6 Å². The second-order valence-electron chi connectivity index (χ2n) is 3.08. The summed E-state index contributed by atoms with van der Waals surface area (Å²) < 4.78 is 43.3. The van der Waals surface area contributed by atoms with Crippen LogP contribution in [-0.4, -0.2) is 27.3 Å². The number of halogens is 3. The van der Waals surface area contributed by atoms with Crippen LogP contribution in [0.4, 0.5) is 13.2 Å². The maximum absolute atomic E-state index is 12.6. The van der Waals surface area contributed by atoms with Gasteiger partial charge in [-0.3, -0.25) is 0 Å². The lowest BCUT2D eigenvalue weighted by Gasteiger charge is -2.10. The zero-order valence-corrected chi connectivity index (χ0v) is 8.64. The molecule has 0 N–H and O–H groups in total. The first kappa shape index (κ1) is 11.4. The minimum Gasteiger partial charge on any atom is -0.494 e. The Bertz CT molecular complexity index is 523. The fourth-order valence-corrected chi connectivity index (χ4v) is 1.33. The fraction of sp³-hybridized carbons (Fsp3) is 0.222. The summed E-state index contributed by atoms with van der Waals surface area (Å²) in [5.74, 6) is -0.938. The molecule has 0 fully saturated rings. The van der Waals surface area contributed by atoms with Gasteiger partial charge >= 0.3 is 6.18 Å². The van der Waals surface area contributed by atoms with E-state index in [2.05, 4.69) is 15.5 Å². The normalized spacial score (nSPS) is 11.5. The Kier molecular flexibility index (Phi) is 2.70. The van der Waals surface area contributed by atoms with Gasteiger partial charge in [-0.15, -0.1) is 5.10 Å². The summed E-state index contributed by atoms with van der Waals surface area (Å²) in [7, 11) is 1.36. The lowest BCUT2D eigenvalue weighted by molar-refractivity contribution is -0.146. The zero-order chi connectivity index (χ0) is 12.5. The van der Waals surface area contributed by atoms with Crippen LogP contribution in [0.2, 0.25) is 0 Å². The van der Waals surface area contributed by atoms with E-state index in [1.54, 1.807) is 12.1 Å². The highest BCUT2D eigenvalue weighted by molar-refractivity contribution is 5.46. The topological polar surface area (TPSA) is 52.8 Å². The maximum Gasteiger partial charge on any atom is 0.453 e. The summed E-state index contributed by atoms with van der Waals surface area (Å²) >= 11 is 0. The Morgan fingerprint density at radius 2 is 1.94 bits per heavy atom. The van der Waals surface area contributed by atoms with Crippen molar-refractivity contribution in [1.82, 2.24) is 20.2 Å². The minimum absolute atomic E-state index is 0.132. The molecular formula is C9H7F3N4O. The monoisotopic (exact) mass is 244 g/mol. The average molecular weight is 244 g/mol. The molecular weight excluding hydrogens is 237 g/mol. The summed E-state index contributed by atoms with van der Waals surface area (Å²) in [6.45, 7) is 0. The Hall–Kier alpha value is -2.12. The molecule has 0 saturated heterocycles. The molecule has 8 heteroatoms. The third kappa shape index (κ3) is 2.05. The van der Waals surface area contributed by atoms with Crippen LogP contribution >= 0.6 is 0 Å². The number of para-hydroxylation sites is 2. The first-order valence-electron chi connectivity index (χ1n) is 4.53. The molecule has 0 saturated carbocycles. The van der Waals surface area contributed by atoms with Crippen molar-refractivity contribution >= 4 is 0 Å². The molecule has 0 bridgehead atoms. The smallest absolute Gasteiger partial charge is 0.453 e. The molecule has 17 heavy (non-hydrogen) atoms. The zero-order valence-electron chi connectivity index (χ0n) is 8.64. The van der Waals surface area contributed by atoms with Gasteiger partial charge in [0, 0.05) is 0 Å². The molecule has 0 aliphatic heterocycles. The van der Waals surface area contributed by atoms with Crippen LogP contribution < -0.4 is 4.74 Å².